The lowest BCUT2D eigenvalue weighted by Gasteiger charge is -2.38. The number of ketones is 1. The zero-order valence-electron chi connectivity index (χ0n) is 36.2. The molecular formula is C42H70N8O10S. The number of anilines is 1. The third-order valence-electron chi connectivity index (χ3n) is 11.0. The summed E-state index contributed by atoms with van der Waals surface area (Å²) in [5.41, 5.74) is 2.12. The first kappa shape index (κ1) is 52.7. The Labute approximate surface area is 365 Å². The maximum Gasteiger partial charge on any atom is 0.326 e. The third kappa shape index (κ3) is 22.8. The predicted octanol–water partition coefficient (Wildman–Crippen LogP) is 3.01. The number of aliphatic carboxylic acids is 4. The van der Waals surface area contributed by atoms with Gasteiger partial charge in [-0.2, -0.15) is 0 Å². The molecule has 3 atom stereocenters. The van der Waals surface area contributed by atoms with E-state index in [1.165, 1.54) is 5.56 Å². The van der Waals surface area contributed by atoms with Crippen molar-refractivity contribution >= 4 is 58.7 Å². The fourth-order valence-corrected chi connectivity index (χ4v) is 7.45. The Bertz CT molecular complexity index is 1540. The van der Waals surface area contributed by atoms with Gasteiger partial charge in [0.2, 0.25) is 0 Å². The van der Waals surface area contributed by atoms with Gasteiger partial charge in [-0.25, -0.2) is 14.4 Å². The number of likely N-dealkylation sites (N-methyl/N-ethyl adjacent to an activating group) is 3. The van der Waals surface area contributed by atoms with Crippen LogP contribution in [-0.2, 0) is 30.4 Å². The van der Waals surface area contributed by atoms with Gasteiger partial charge in [0.05, 0.1) is 6.54 Å². The van der Waals surface area contributed by atoms with Crippen LogP contribution in [0.25, 0.3) is 0 Å². The first-order valence-electron chi connectivity index (χ1n) is 21.7. The van der Waals surface area contributed by atoms with Crippen molar-refractivity contribution < 1.29 is 49.2 Å². The first-order chi connectivity index (χ1) is 29.1. The molecule has 0 aromatic heterocycles. The summed E-state index contributed by atoms with van der Waals surface area (Å²) >= 11 is 5.54. The first-order valence-corrected chi connectivity index (χ1v) is 22.1. The number of carbonyl (C=O) groups is 6. The molecule has 1 aromatic rings. The Morgan fingerprint density at radius 3 is 1.80 bits per heavy atom. The molecule has 0 radical (unpaired) electrons. The number of thiocarbonyl (C=S) groups is 1. The Hall–Kier alpha value is -4.43. The normalized spacial score (nSPS) is 17.2. The van der Waals surface area contributed by atoms with Gasteiger partial charge in [-0.3, -0.25) is 24.2 Å². The topological polar surface area (TPSA) is 244 Å². The van der Waals surface area contributed by atoms with Crippen molar-refractivity contribution in [1.29, 1.82) is 0 Å². The van der Waals surface area contributed by atoms with Crippen LogP contribution in [0.1, 0.15) is 90.5 Å². The molecule has 2 rings (SSSR count). The van der Waals surface area contributed by atoms with E-state index >= 15 is 0 Å². The third-order valence-corrected chi connectivity index (χ3v) is 11.2. The molecule has 344 valence electrons. The van der Waals surface area contributed by atoms with Gasteiger partial charge in [0.25, 0.3) is 0 Å². The molecule has 1 saturated heterocycles. The van der Waals surface area contributed by atoms with E-state index in [2.05, 4.69) is 73.8 Å². The second-order valence-corrected chi connectivity index (χ2v) is 15.9. The molecule has 1 aliphatic rings. The van der Waals surface area contributed by atoms with Crippen LogP contribution in [0, 0.1) is 0 Å². The molecule has 1 fully saturated rings. The fraction of sp³-hybridized carbons (Fsp3) is 0.690. The number of rotatable bonds is 26. The average molecular weight is 879 g/mol. The lowest BCUT2D eigenvalue weighted by atomic mass is 10.0. The van der Waals surface area contributed by atoms with E-state index in [1.807, 2.05) is 12.1 Å². The number of hydrogen-bond acceptors (Lipinski definition) is 11. The summed E-state index contributed by atoms with van der Waals surface area (Å²) < 4.78 is 0. The Morgan fingerprint density at radius 1 is 0.672 bits per heavy atom. The number of carboxylic acids is 4. The maximum absolute atomic E-state index is 12.4. The highest BCUT2D eigenvalue weighted by atomic mass is 32.1. The zero-order valence-corrected chi connectivity index (χ0v) is 37.1. The van der Waals surface area contributed by atoms with E-state index in [0.717, 1.165) is 96.7 Å². The molecule has 8 N–H and O–H groups in total. The number of carboxylic acid groups (broad SMARTS) is 4. The van der Waals surface area contributed by atoms with Gasteiger partial charge in [-0.15, -0.1) is 0 Å². The van der Waals surface area contributed by atoms with Crippen LogP contribution >= 0.6 is 12.2 Å². The largest absolute Gasteiger partial charge is 0.481 e. The molecule has 19 heteroatoms. The number of amides is 2. The number of Topliss-reactive ketones (excluding diaryl/α,β-unsaturated/α-hetero) is 1. The van der Waals surface area contributed by atoms with Crippen LogP contribution in [0.2, 0.25) is 0 Å². The summed E-state index contributed by atoms with van der Waals surface area (Å²) in [7, 11) is 0. The second-order valence-electron chi connectivity index (χ2n) is 15.5. The zero-order chi connectivity index (χ0) is 45.2. The molecular weight excluding hydrogens is 809 g/mol. The molecule has 0 bridgehead atoms. The monoisotopic (exact) mass is 878 g/mol. The summed E-state index contributed by atoms with van der Waals surface area (Å²) in [4.78, 5) is 79.3. The minimum atomic E-state index is -1.50. The van der Waals surface area contributed by atoms with Crippen LogP contribution < -0.4 is 21.3 Å². The Balaban J connectivity index is 1.73. The molecule has 1 aliphatic heterocycles. The van der Waals surface area contributed by atoms with Crippen molar-refractivity contribution in [2.75, 3.05) is 83.9 Å². The SMILES string of the molecule is CCN1CCN(CC(=O)O)CCN(CC)C(Cc2ccc(NC(=S)NCCCCCCCC(=O)CC[C@H](NC(=O)N[C@@H](CCC(=O)O)C(=O)O)C(=O)O)cc2)CN(CC)CC1. The summed E-state index contributed by atoms with van der Waals surface area (Å²) in [5.74, 6) is -4.99. The van der Waals surface area contributed by atoms with E-state index in [1.54, 1.807) is 0 Å². The Morgan fingerprint density at radius 2 is 1.23 bits per heavy atom. The van der Waals surface area contributed by atoms with Crippen LogP contribution in [0.15, 0.2) is 24.3 Å². The number of benzene rings is 1. The molecule has 0 spiro atoms. The highest BCUT2D eigenvalue weighted by molar-refractivity contribution is 7.80. The molecule has 1 unspecified atom stereocenters. The van der Waals surface area contributed by atoms with Crippen molar-refractivity contribution in [1.82, 2.24) is 35.6 Å². The maximum atomic E-state index is 12.4. The minimum absolute atomic E-state index is 0.0490. The highest BCUT2D eigenvalue weighted by Gasteiger charge is 2.26. The summed E-state index contributed by atoms with van der Waals surface area (Å²) in [6, 6.07) is 4.65. The van der Waals surface area contributed by atoms with Gasteiger partial charge >= 0.3 is 29.9 Å². The van der Waals surface area contributed by atoms with Gasteiger partial charge < -0.3 is 51.5 Å². The van der Waals surface area contributed by atoms with Crippen LogP contribution in [0.3, 0.4) is 0 Å². The van der Waals surface area contributed by atoms with E-state index in [0.29, 0.717) is 24.6 Å². The Kier molecular flexibility index (Phi) is 25.7. The van der Waals surface area contributed by atoms with Crippen LogP contribution in [0.5, 0.6) is 0 Å². The van der Waals surface area contributed by atoms with Gasteiger partial charge in [0.1, 0.15) is 17.9 Å². The number of carbonyl (C=O) groups excluding carboxylic acids is 2. The molecule has 18 nitrogen and oxygen atoms in total. The molecule has 1 heterocycles. The van der Waals surface area contributed by atoms with Gasteiger partial charge in [0, 0.05) is 83.3 Å². The van der Waals surface area contributed by atoms with Gasteiger partial charge in [-0.05, 0) is 81.7 Å². The number of hydrogen-bond donors (Lipinski definition) is 8. The van der Waals surface area contributed by atoms with Crippen LogP contribution in [0.4, 0.5) is 10.5 Å². The summed E-state index contributed by atoms with van der Waals surface area (Å²) in [6.45, 7) is 16.1. The van der Waals surface area contributed by atoms with Crippen molar-refractivity contribution in [2.45, 2.75) is 110 Å². The van der Waals surface area contributed by atoms with E-state index < -0.39 is 48.4 Å². The van der Waals surface area contributed by atoms with E-state index in [-0.39, 0.29) is 44.1 Å². The summed E-state index contributed by atoms with van der Waals surface area (Å²) in [6.07, 6.45) is 4.26. The van der Waals surface area contributed by atoms with Gasteiger partial charge in [0.15, 0.2) is 5.11 Å². The number of unbranched alkanes of at least 4 members (excludes halogenated alkanes) is 4. The standard InChI is InChI=1S/C42H70N8O10S/c1-4-47-22-24-48(5-2)29-33(50(6-3)27-26-49(25-23-47)30-38(54)55)28-31-13-15-32(16-14-31)44-42(61)43-21-11-9-7-8-10-12-34(51)17-18-35(39(56)57)45-41(60)46-36(40(58)59)19-20-37(52)53/h13-16,33,35-36H,4-12,17-30H2,1-3H3,(H,52,53)(H,54,55)(H,56,57)(H,58,59)(H2,43,44,61)(H2,45,46,60)/t33?,35-,36-/m0/s1. The van der Waals surface area contributed by atoms with Crippen molar-refractivity contribution in [3.63, 3.8) is 0 Å². The molecule has 0 aliphatic carbocycles. The van der Waals surface area contributed by atoms with Crippen LogP contribution in [-0.4, -0.2) is 177 Å². The molecule has 1 aromatic carbocycles. The smallest absolute Gasteiger partial charge is 0.326 e. The van der Waals surface area contributed by atoms with E-state index in [9.17, 15) is 44.1 Å². The quantitative estimate of drug-likeness (QED) is 0.0493. The lowest BCUT2D eigenvalue weighted by molar-refractivity contribution is -0.141. The van der Waals surface area contributed by atoms with Gasteiger partial charge in [-0.1, -0.05) is 52.2 Å². The van der Waals surface area contributed by atoms with Crippen molar-refractivity contribution in [3.05, 3.63) is 29.8 Å². The van der Waals surface area contributed by atoms with E-state index in [4.69, 9.17) is 17.3 Å². The number of urea groups is 1. The second kappa shape index (κ2) is 29.8. The number of nitrogens with one attached hydrogen (secondary N) is 4. The molecule has 2 amide bonds. The van der Waals surface area contributed by atoms with Crippen molar-refractivity contribution in [3.8, 4) is 0 Å². The van der Waals surface area contributed by atoms with Crippen molar-refractivity contribution in [2.24, 2.45) is 0 Å². The molecule has 0 saturated carbocycles. The number of nitrogens with zero attached hydrogens (tertiary/aromatic N) is 4. The highest BCUT2D eigenvalue weighted by Crippen LogP contribution is 2.16. The molecule has 61 heavy (non-hydrogen) atoms. The fourth-order valence-electron chi connectivity index (χ4n) is 7.23. The minimum Gasteiger partial charge on any atom is -0.481 e. The average Bonchev–Trinajstić information content (AvgIpc) is 3.20. The lowest BCUT2D eigenvalue weighted by Crippen LogP contribution is -2.51. The predicted molar refractivity (Wildman–Crippen MR) is 237 cm³/mol. The summed E-state index contributed by atoms with van der Waals surface area (Å²) in [5, 5.41) is 48.2.